The summed E-state index contributed by atoms with van der Waals surface area (Å²) in [5, 5.41) is 8.43. The summed E-state index contributed by atoms with van der Waals surface area (Å²) in [5.41, 5.74) is 14.1. The lowest BCUT2D eigenvalue weighted by Crippen LogP contribution is -2.30. The number of aromatic nitrogens is 3. The predicted octanol–water partition coefficient (Wildman–Crippen LogP) is 5.55. The van der Waals surface area contributed by atoms with Crippen LogP contribution in [0.4, 0.5) is 0 Å². The van der Waals surface area contributed by atoms with Gasteiger partial charge in [-0.2, -0.15) is 5.10 Å². The molecule has 0 spiro atoms. The lowest BCUT2D eigenvalue weighted by Gasteiger charge is -2.14. The van der Waals surface area contributed by atoms with E-state index in [1.165, 1.54) is 16.7 Å². The van der Waals surface area contributed by atoms with Gasteiger partial charge in [0.2, 0.25) is 0 Å². The Morgan fingerprint density at radius 1 is 0.848 bits per heavy atom. The third kappa shape index (κ3) is 4.78. The summed E-state index contributed by atoms with van der Waals surface area (Å²) in [4.78, 5) is 4.36. The zero-order valence-electron chi connectivity index (χ0n) is 18.5. The number of rotatable bonds is 7. The Kier molecular flexibility index (Phi) is 5.87. The smallest absolute Gasteiger partial charge is 0.138 e. The van der Waals surface area contributed by atoms with Crippen molar-refractivity contribution in [3.05, 3.63) is 103 Å². The molecular weight excluding hydrogens is 408 g/mol. The van der Waals surface area contributed by atoms with E-state index in [2.05, 4.69) is 69.8 Å². The third-order valence-electron chi connectivity index (χ3n) is 5.81. The molecule has 2 aromatic heterocycles. The van der Waals surface area contributed by atoms with E-state index in [0.29, 0.717) is 12.4 Å². The van der Waals surface area contributed by atoms with E-state index in [0.717, 1.165) is 34.1 Å². The number of nitrogens with zero attached hydrogens (tertiary/aromatic N) is 2. The molecule has 0 saturated heterocycles. The summed E-state index contributed by atoms with van der Waals surface area (Å²) in [5.74, 6) is 0.714. The highest BCUT2D eigenvalue weighted by Crippen LogP contribution is 2.27. The maximum absolute atomic E-state index is 6.36. The Morgan fingerprint density at radius 3 is 2.42 bits per heavy atom. The largest absolute Gasteiger partial charge is 0.490 e. The van der Waals surface area contributed by atoms with Crippen molar-refractivity contribution in [3.8, 4) is 28.0 Å². The molecule has 0 amide bonds. The van der Waals surface area contributed by atoms with Gasteiger partial charge in [-0.25, -0.2) is 0 Å². The van der Waals surface area contributed by atoms with Crippen molar-refractivity contribution in [2.75, 3.05) is 6.61 Å². The highest BCUT2D eigenvalue weighted by molar-refractivity contribution is 5.86. The minimum atomic E-state index is -0.110. The second-order valence-electron chi connectivity index (χ2n) is 8.33. The topological polar surface area (TPSA) is 76.8 Å². The van der Waals surface area contributed by atoms with Gasteiger partial charge in [0.1, 0.15) is 12.4 Å². The number of ether oxygens (including phenoxy) is 1. The number of benzene rings is 3. The van der Waals surface area contributed by atoms with Crippen LogP contribution in [0.3, 0.4) is 0 Å². The fraction of sp³-hybridized carbons (Fsp3) is 0.143. The van der Waals surface area contributed by atoms with E-state index < -0.39 is 0 Å². The summed E-state index contributed by atoms with van der Waals surface area (Å²) < 4.78 is 5.99. The van der Waals surface area contributed by atoms with Crippen molar-refractivity contribution in [1.82, 2.24) is 15.2 Å². The second kappa shape index (κ2) is 9.27. The summed E-state index contributed by atoms with van der Waals surface area (Å²) in [7, 11) is 0. The van der Waals surface area contributed by atoms with Crippen molar-refractivity contribution in [2.45, 2.75) is 19.4 Å². The fourth-order valence-electron chi connectivity index (χ4n) is 4.00. The summed E-state index contributed by atoms with van der Waals surface area (Å²) >= 11 is 0. The number of fused-ring (bicyclic) bond motifs is 1. The number of pyridine rings is 1. The van der Waals surface area contributed by atoms with Crippen LogP contribution < -0.4 is 10.5 Å². The Morgan fingerprint density at radius 2 is 1.61 bits per heavy atom. The maximum Gasteiger partial charge on any atom is 0.138 e. The van der Waals surface area contributed by atoms with Crippen LogP contribution in [0.5, 0.6) is 5.75 Å². The number of nitrogens with two attached hydrogens (primary N) is 1. The highest BCUT2D eigenvalue weighted by atomic mass is 16.5. The predicted molar refractivity (Wildman–Crippen MR) is 133 cm³/mol. The van der Waals surface area contributed by atoms with Crippen molar-refractivity contribution in [2.24, 2.45) is 5.73 Å². The molecule has 0 fully saturated rings. The molecule has 0 aliphatic rings. The molecule has 5 aromatic rings. The average molecular weight is 435 g/mol. The van der Waals surface area contributed by atoms with E-state index in [1.807, 2.05) is 37.4 Å². The first-order valence-electron chi connectivity index (χ1n) is 11.1. The van der Waals surface area contributed by atoms with Crippen molar-refractivity contribution in [1.29, 1.82) is 0 Å². The first-order valence-corrected chi connectivity index (χ1v) is 11.1. The number of H-pyrrole nitrogens is 1. The van der Waals surface area contributed by atoms with E-state index in [-0.39, 0.29) is 6.04 Å². The minimum Gasteiger partial charge on any atom is -0.490 e. The molecule has 2 heterocycles. The van der Waals surface area contributed by atoms with Gasteiger partial charge < -0.3 is 10.5 Å². The van der Waals surface area contributed by atoms with Gasteiger partial charge in [0, 0.05) is 28.9 Å². The van der Waals surface area contributed by atoms with Crippen molar-refractivity contribution >= 4 is 10.9 Å². The number of hydrogen-bond donors (Lipinski definition) is 2. The first kappa shape index (κ1) is 20.9. The maximum atomic E-state index is 6.36. The van der Waals surface area contributed by atoms with E-state index in [1.54, 1.807) is 6.20 Å². The number of nitrogens with one attached hydrogen (secondary N) is 1. The highest BCUT2D eigenvalue weighted by Gasteiger charge is 2.09. The van der Waals surface area contributed by atoms with Gasteiger partial charge >= 0.3 is 0 Å². The SMILES string of the molecule is Cc1[nH]nc2ccc(-c3cncc(OCC(N)Cc4ccc(-c5ccccc5)cc4)c3)cc12. The molecule has 0 bridgehead atoms. The molecule has 5 heteroatoms. The van der Waals surface area contributed by atoms with Gasteiger partial charge in [0.25, 0.3) is 0 Å². The Labute approximate surface area is 193 Å². The molecule has 164 valence electrons. The van der Waals surface area contributed by atoms with Crippen LogP contribution >= 0.6 is 0 Å². The Hall–Kier alpha value is -3.96. The van der Waals surface area contributed by atoms with E-state index in [9.17, 15) is 0 Å². The average Bonchev–Trinajstić information content (AvgIpc) is 3.24. The molecule has 1 unspecified atom stereocenters. The summed E-state index contributed by atoms with van der Waals surface area (Å²) in [6.45, 7) is 2.44. The minimum absolute atomic E-state index is 0.110. The molecule has 0 aliphatic carbocycles. The number of aryl methyl sites for hydroxylation is 1. The molecule has 0 radical (unpaired) electrons. The zero-order chi connectivity index (χ0) is 22.6. The molecular formula is C28H26N4O. The van der Waals surface area contributed by atoms with Gasteiger partial charge in [0.15, 0.2) is 0 Å². The monoisotopic (exact) mass is 434 g/mol. The van der Waals surface area contributed by atoms with Crippen LogP contribution in [0.15, 0.2) is 91.3 Å². The van der Waals surface area contributed by atoms with Gasteiger partial charge in [-0.3, -0.25) is 10.1 Å². The van der Waals surface area contributed by atoms with Crippen LogP contribution in [-0.4, -0.2) is 27.8 Å². The first-order chi connectivity index (χ1) is 16.2. The summed E-state index contributed by atoms with van der Waals surface area (Å²) in [6, 6.07) is 27.0. The van der Waals surface area contributed by atoms with E-state index in [4.69, 9.17) is 10.5 Å². The van der Waals surface area contributed by atoms with Crippen molar-refractivity contribution in [3.63, 3.8) is 0 Å². The molecule has 1 atom stereocenters. The van der Waals surface area contributed by atoms with Crippen LogP contribution in [-0.2, 0) is 6.42 Å². The normalized spacial score (nSPS) is 12.1. The molecule has 33 heavy (non-hydrogen) atoms. The number of aromatic amines is 1. The van der Waals surface area contributed by atoms with Gasteiger partial charge in [-0.1, -0.05) is 60.7 Å². The van der Waals surface area contributed by atoms with Gasteiger partial charge in [-0.15, -0.1) is 0 Å². The van der Waals surface area contributed by atoms with Crippen LogP contribution in [0.2, 0.25) is 0 Å². The van der Waals surface area contributed by atoms with Gasteiger partial charge in [-0.05, 0) is 53.8 Å². The molecule has 0 aliphatic heterocycles. The molecule has 3 aromatic carbocycles. The van der Waals surface area contributed by atoms with Crippen LogP contribution in [0.25, 0.3) is 33.2 Å². The zero-order valence-corrected chi connectivity index (χ0v) is 18.5. The van der Waals surface area contributed by atoms with Crippen LogP contribution in [0.1, 0.15) is 11.3 Å². The Bertz CT molecular complexity index is 1360. The third-order valence-corrected chi connectivity index (χ3v) is 5.81. The lowest BCUT2D eigenvalue weighted by atomic mass is 10.0. The molecule has 3 N–H and O–H groups in total. The standard InChI is InChI=1S/C28H26N4O/c1-19-27-15-23(11-12-28(27)32-31-19)24-14-26(17-30-16-24)33-18-25(29)13-20-7-9-22(10-8-20)21-5-3-2-4-6-21/h2-12,14-17,25H,13,18,29H2,1H3,(H,31,32). The van der Waals surface area contributed by atoms with Crippen molar-refractivity contribution < 1.29 is 4.74 Å². The summed E-state index contributed by atoms with van der Waals surface area (Å²) in [6.07, 6.45) is 4.32. The van der Waals surface area contributed by atoms with Gasteiger partial charge in [0.05, 0.1) is 11.7 Å². The lowest BCUT2D eigenvalue weighted by molar-refractivity contribution is 0.287. The Balaban J connectivity index is 1.22. The second-order valence-corrected chi connectivity index (χ2v) is 8.33. The fourth-order valence-corrected chi connectivity index (χ4v) is 4.00. The quantitative estimate of drug-likeness (QED) is 0.352. The molecule has 5 nitrogen and oxygen atoms in total. The number of hydrogen-bond acceptors (Lipinski definition) is 4. The molecule has 0 saturated carbocycles. The molecule has 5 rings (SSSR count). The van der Waals surface area contributed by atoms with Crippen LogP contribution in [0, 0.1) is 6.92 Å². The van der Waals surface area contributed by atoms with E-state index >= 15 is 0 Å².